The summed E-state index contributed by atoms with van der Waals surface area (Å²) >= 11 is 0. The molecule has 1 aliphatic heterocycles. The third-order valence-corrected chi connectivity index (χ3v) is 2.90. The van der Waals surface area contributed by atoms with Crippen molar-refractivity contribution < 1.29 is 9.59 Å². The Balaban J connectivity index is 2.18. The molecule has 1 amide bonds. The van der Waals surface area contributed by atoms with Crippen LogP contribution in [-0.4, -0.2) is 18.2 Å². The zero-order chi connectivity index (χ0) is 12.3. The van der Waals surface area contributed by atoms with Crippen LogP contribution < -0.4 is 4.90 Å². The molecule has 0 N–H and O–H groups in total. The highest BCUT2D eigenvalue weighted by atomic mass is 16.2. The smallest absolute Gasteiger partial charge is 0.294 e. The highest BCUT2D eigenvalue weighted by molar-refractivity contribution is 6.41. The van der Waals surface area contributed by atoms with Crippen LogP contribution in [0, 0.1) is 0 Å². The van der Waals surface area contributed by atoms with E-state index >= 15 is 0 Å². The van der Waals surface area contributed by atoms with E-state index in [1.807, 2.05) is 30.3 Å². The van der Waals surface area contributed by atoms with Crippen molar-refractivity contribution in [3.05, 3.63) is 42.5 Å². The molecular weight excluding hydrogens is 214 g/mol. The Bertz CT molecular complexity index is 448. The highest BCUT2D eigenvalue weighted by Crippen LogP contribution is 2.20. The van der Waals surface area contributed by atoms with Crippen molar-refractivity contribution in [3.63, 3.8) is 0 Å². The third-order valence-electron chi connectivity index (χ3n) is 2.90. The Morgan fingerprint density at radius 2 is 1.94 bits per heavy atom. The second-order valence-electron chi connectivity index (χ2n) is 4.14. The van der Waals surface area contributed by atoms with Gasteiger partial charge in [0.2, 0.25) is 5.78 Å². The van der Waals surface area contributed by atoms with Crippen LogP contribution in [0.5, 0.6) is 0 Å². The summed E-state index contributed by atoms with van der Waals surface area (Å²) in [6, 6.07) is 7.69. The van der Waals surface area contributed by atoms with Crippen LogP contribution in [0.1, 0.15) is 18.4 Å². The van der Waals surface area contributed by atoms with Gasteiger partial charge in [0.15, 0.2) is 0 Å². The number of piperidine rings is 1. The van der Waals surface area contributed by atoms with Gasteiger partial charge in [-0.15, -0.1) is 6.58 Å². The van der Waals surface area contributed by atoms with Crippen LogP contribution in [0.4, 0.5) is 5.69 Å². The van der Waals surface area contributed by atoms with Gasteiger partial charge in [0.05, 0.1) is 0 Å². The van der Waals surface area contributed by atoms with E-state index in [1.165, 1.54) is 0 Å². The molecule has 1 aromatic carbocycles. The molecule has 1 aromatic rings. The van der Waals surface area contributed by atoms with Crippen molar-refractivity contribution in [2.75, 3.05) is 11.4 Å². The monoisotopic (exact) mass is 229 g/mol. The molecule has 0 bridgehead atoms. The lowest BCUT2D eigenvalue weighted by Gasteiger charge is -2.25. The molecule has 3 nitrogen and oxygen atoms in total. The van der Waals surface area contributed by atoms with E-state index in [0.717, 1.165) is 24.1 Å². The van der Waals surface area contributed by atoms with Crippen LogP contribution in [0.3, 0.4) is 0 Å². The van der Waals surface area contributed by atoms with Crippen molar-refractivity contribution in [1.29, 1.82) is 0 Å². The fraction of sp³-hybridized carbons (Fsp3) is 0.286. The van der Waals surface area contributed by atoms with E-state index in [4.69, 9.17) is 0 Å². The summed E-state index contributed by atoms with van der Waals surface area (Å²) < 4.78 is 0. The minimum Gasteiger partial charge on any atom is -0.306 e. The molecule has 2 rings (SSSR count). The van der Waals surface area contributed by atoms with E-state index in [1.54, 1.807) is 4.90 Å². The Morgan fingerprint density at radius 1 is 1.24 bits per heavy atom. The average molecular weight is 229 g/mol. The maximum Gasteiger partial charge on any atom is 0.294 e. The fourth-order valence-corrected chi connectivity index (χ4v) is 1.98. The van der Waals surface area contributed by atoms with Gasteiger partial charge in [-0.2, -0.15) is 0 Å². The third kappa shape index (κ3) is 2.44. The lowest BCUT2D eigenvalue weighted by molar-refractivity contribution is -0.137. The van der Waals surface area contributed by atoms with Gasteiger partial charge in [0, 0.05) is 18.7 Å². The van der Waals surface area contributed by atoms with Gasteiger partial charge in [0.25, 0.3) is 5.91 Å². The number of rotatable bonds is 3. The number of allylic oxidation sites excluding steroid dienone is 1. The quantitative estimate of drug-likeness (QED) is 0.588. The van der Waals surface area contributed by atoms with Crippen LogP contribution in [0.25, 0.3) is 0 Å². The normalized spacial score (nSPS) is 16.1. The number of Topliss-reactive ketones (excluding diaryl/α,β-unsaturated/α-hetero) is 1. The molecule has 1 aliphatic rings. The highest BCUT2D eigenvalue weighted by Gasteiger charge is 2.26. The summed E-state index contributed by atoms with van der Waals surface area (Å²) in [5, 5.41) is 0. The molecule has 0 spiro atoms. The zero-order valence-electron chi connectivity index (χ0n) is 9.69. The summed E-state index contributed by atoms with van der Waals surface area (Å²) in [5.74, 6) is -0.667. The van der Waals surface area contributed by atoms with Gasteiger partial charge in [-0.05, 0) is 30.5 Å². The number of carbonyl (C=O) groups is 2. The topological polar surface area (TPSA) is 37.4 Å². The minimum atomic E-state index is -0.382. The van der Waals surface area contributed by atoms with Crippen molar-refractivity contribution in [3.8, 4) is 0 Å². The summed E-state index contributed by atoms with van der Waals surface area (Å²) in [4.78, 5) is 24.6. The molecule has 1 heterocycles. The van der Waals surface area contributed by atoms with E-state index < -0.39 is 0 Å². The lowest BCUT2D eigenvalue weighted by Crippen LogP contribution is -2.41. The van der Waals surface area contributed by atoms with Gasteiger partial charge < -0.3 is 4.90 Å². The fourth-order valence-electron chi connectivity index (χ4n) is 1.98. The molecule has 0 aliphatic carbocycles. The number of carbonyl (C=O) groups excluding carboxylic acids is 2. The number of ketones is 1. The Morgan fingerprint density at radius 3 is 2.59 bits per heavy atom. The van der Waals surface area contributed by atoms with Gasteiger partial charge in [0.1, 0.15) is 0 Å². The maximum absolute atomic E-state index is 11.7. The number of hydrogen-bond acceptors (Lipinski definition) is 2. The predicted octanol–water partition coefficient (Wildman–Crippen LogP) is 2.11. The van der Waals surface area contributed by atoms with Crippen molar-refractivity contribution in [1.82, 2.24) is 0 Å². The molecule has 0 radical (unpaired) electrons. The van der Waals surface area contributed by atoms with E-state index in [2.05, 4.69) is 6.58 Å². The largest absolute Gasteiger partial charge is 0.306 e. The number of hydrogen-bond donors (Lipinski definition) is 0. The second-order valence-corrected chi connectivity index (χ2v) is 4.14. The van der Waals surface area contributed by atoms with E-state index in [-0.39, 0.29) is 11.7 Å². The molecule has 0 atom stereocenters. The summed E-state index contributed by atoms with van der Waals surface area (Å²) in [5.41, 5.74) is 1.95. The average Bonchev–Trinajstić information content (AvgIpc) is 2.34. The van der Waals surface area contributed by atoms with Gasteiger partial charge in [-0.25, -0.2) is 0 Å². The predicted molar refractivity (Wildman–Crippen MR) is 66.9 cm³/mol. The summed E-state index contributed by atoms with van der Waals surface area (Å²) in [7, 11) is 0. The maximum atomic E-state index is 11.7. The number of nitrogens with zero attached hydrogens (tertiary/aromatic N) is 1. The Kier molecular flexibility index (Phi) is 3.38. The molecule has 0 saturated carbocycles. The van der Waals surface area contributed by atoms with Crippen LogP contribution in [-0.2, 0) is 16.0 Å². The minimum absolute atomic E-state index is 0.286. The molecule has 0 aromatic heterocycles. The number of benzene rings is 1. The molecule has 1 fully saturated rings. The molecule has 3 heteroatoms. The first-order chi connectivity index (χ1) is 8.22. The number of amides is 1. The first-order valence-electron chi connectivity index (χ1n) is 5.77. The van der Waals surface area contributed by atoms with Crippen molar-refractivity contribution in [2.24, 2.45) is 0 Å². The SMILES string of the molecule is C=CCc1ccc(N2CCCC(=O)C2=O)cc1. The van der Waals surface area contributed by atoms with Gasteiger partial charge in [-0.3, -0.25) is 9.59 Å². The van der Waals surface area contributed by atoms with Crippen molar-refractivity contribution in [2.45, 2.75) is 19.3 Å². The first kappa shape index (κ1) is 11.6. The van der Waals surface area contributed by atoms with Crippen molar-refractivity contribution >= 4 is 17.4 Å². The number of anilines is 1. The molecule has 0 unspecified atom stereocenters. The first-order valence-corrected chi connectivity index (χ1v) is 5.77. The molecule has 1 saturated heterocycles. The van der Waals surface area contributed by atoms with Crippen LogP contribution in [0.2, 0.25) is 0 Å². The summed E-state index contributed by atoms with van der Waals surface area (Å²) in [6.45, 7) is 4.31. The van der Waals surface area contributed by atoms with Gasteiger partial charge in [-0.1, -0.05) is 18.2 Å². The second kappa shape index (κ2) is 4.95. The Labute approximate surface area is 101 Å². The molecular formula is C14H15NO2. The van der Waals surface area contributed by atoms with Crippen LogP contribution in [0.15, 0.2) is 36.9 Å². The molecule has 17 heavy (non-hydrogen) atoms. The molecule has 88 valence electrons. The van der Waals surface area contributed by atoms with Gasteiger partial charge >= 0.3 is 0 Å². The van der Waals surface area contributed by atoms with E-state index in [9.17, 15) is 9.59 Å². The Hall–Kier alpha value is -1.90. The van der Waals surface area contributed by atoms with Crippen LogP contribution >= 0.6 is 0 Å². The standard InChI is InChI=1S/C14H15NO2/c1-2-4-11-6-8-12(9-7-11)15-10-3-5-13(16)14(15)17/h2,6-9H,1,3-5,10H2. The lowest BCUT2D eigenvalue weighted by atomic mass is 10.1. The van der Waals surface area contributed by atoms with E-state index in [0.29, 0.717) is 13.0 Å². The summed E-state index contributed by atoms with van der Waals surface area (Å²) in [6.07, 6.45) is 3.78. The zero-order valence-corrected chi connectivity index (χ0v) is 9.69.